The molecule has 1 aromatic carbocycles. The number of amides is 7. The highest BCUT2D eigenvalue weighted by molar-refractivity contribution is 5.98. The quantitative estimate of drug-likeness (QED) is 0.0418. The third-order valence-corrected chi connectivity index (χ3v) is 15.3. The third-order valence-electron chi connectivity index (χ3n) is 15.3. The fourth-order valence-corrected chi connectivity index (χ4v) is 10.5. The Morgan fingerprint density at radius 2 is 1.31 bits per heavy atom. The number of phenols is 1. The molecule has 0 aliphatic carbocycles. The molecule has 80 heavy (non-hydrogen) atoms. The van der Waals surface area contributed by atoms with E-state index >= 15 is 0 Å². The van der Waals surface area contributed by atoms with Crippen LogP contribution in [0.15, 0.2) is 18.2 Å². The van der Waals surface area contributed by atoms with Gasteiger partial charge in [-0.15, -0.1) is 0 Å². The van der Waals surface area contributed by atoms with Crippen LogP contribution in [0, 0.1) is 5.92 Å². The first kappa shape index (κ1) is 67.3. The molecule has 25 heteroatoms. The van der Waals surface area contributed by atoms with Crippen molar-refractivity contribution in [2.24, 2.45) is 5.92 Å². The summed E-state index contributed by atoms with van der Waals surface area (Å²) in [5.74, 6) is -8.22. The molecule has 13 atom stereocenters. The predicted molar refractivity (Wildman–Crippen MR) is 291 cm³/mol. The maximum Gasteiger partial charge on any atom is 0.248 e. The number of aliphatic hydroxyl groups excluding tert-OH is 8. The molecule has 7 amide bonds. The smallest absolute Gasteiger partial charge is 0.248 e. The number of nitrogens with one attached hydrogen (secondary N) is 6. The average molecular weight is 1140 g/mol. The van der Waals surface area contributed by atoms with E-state index in [2.05, 4.69) is 38.8 Å². The number of benzene rings is 1. The number of aliphatic hydroxyl groups is 8. The number of ether oxygens (including phenoxy) is 1. The van der Waals surface area contributed by atoms with Gasteiger partial charge in [0.25, 0.3) is 0 Å². The summed E-state index contributed by atoms with van der Waals surface area (Å²) in [7, 11) is 1.28. The van der Waals surface area contributed by atoms with E-state index in [0.717, 1.165) is 41.9 Å². The second-order valence-corrected chi connectivity index (χ2v) is 21.9. The van der Waals surface area contributed by atoms with Crippen LogP contribution in [0.4, 0.5) is 0 Å². The normalized spacial score (nSPS) is 26.8. The molecule has 3 aliphatic heterocycles. The minimum Gasteiger partial charge on any atom is -0.504 e. The van der Waals surface area contributed by atoms with E-state index in [-0.39, 0.29) is 43.0 Å². The number of nitrogens with zero attached hydrogens (tertiary/aromatic N) is 2. The van der Waals surface area contributed by atoms with Crippen LogP contribution in [0.25, 0.3) is 0 Å². The van der Waals surface area contributed by atoms with Gasteiger partial charge in [-0.2, -0.15) is 0 Å². The lowest BCUT2D eigenvalue weighted by Gasteiger charge is -2.34. The Labute approximate surface area is 469 Å². The molecule has 15 N–H and O–H groups in total. The van der Waals surface area contributed by atoms with Crippen molar-refractivity contribution in [1.29, 1.82) is 0 Å². The largest absolute Gasteiger partial charge is 0.504 e. The van der Waals surface area contributed by atoms with Gasteiger partial charge in [-0.3, -0.25) is 33.6 Å². The zero-order chi connectivity index (χ0) is 59.1. The Bertz CT molecular complexity index is 2140. The van der Waals surface area contributed by atoms with E-state index in [4.69, 9.17) is 4.74 Å². The molecule has 0 unspecified atom stereocenters. The number of phenolic OH excluding ortho intramolecular Hbond substituents is 1. The van der Waals surface area contributed by atoms with Crippen molar-refractivity contribution in [3.8, 4) is 11.5 Å². The van der Waals surface area contributed by atoms with Crippen LogP contribution < -0.4 is 36.6 Å². The van der Waals surface area contributed by atoms with E-state index in [9.17, 15) is 79.5 Å². The highest BCUT2D eigenvalue weighted by atomic mass is 16.5. The summed E-state index contributed by atoms with van der Waals surface area (Å²) in [4.78, 5) is 102. The highest BCUT2D eigenvalue weighted by Crippen LogP contribution is 2.29. The average Bonchev–Trinajstić information content (AvgIpc) is 4.09. The van der Waals surface area contributed by atoms with Crippen molar-refractivity contribution in [2.45, 2.75) is 215 Å². The first-order chi connectivity index (χ1) is 38.1. The molecule has 3 saturated heterocycles. The van der Waals surface area contributed by atoms with Gasteiger partial charge in [0.05, 0.1) is 63.0 Å². The second kappa shape index (κ2) is 34.3. The van der Waals surface area contributed by atoms with Crippen molar-refractivity contribution < 1.29 is 84.3 Å². The number of β-amino-alcohol motifs (C(OH)–C–C–N with tert-alkyl or cyclic N) is 1. The van der Waals surface area contributed by atoms with Gasteiger partial charge in [-0.25, -0.2) is 0 Å². The summed E-state index contributed by atoms with van der Waals surface area (Å²) < 4.78 is 5.20. The topological polar surface area (TPSA) is 389 Å². The number of fused-ring (bicyclic) bond motifs is 2. The summed E-state index contributed by atoms with van der Waals surface area (Å²) in [5.41, 5.74) is 0.273. The van der Waals surface area contributed by atoms with Gasteiger partial charge in [0, 0.05) is 51.2 Å². The van der Waals surface area contributed by atoms with Gasteiger partial charge >= 0.3 is 0 Å². The third kappa shape index (κ3) is 20.3. The molecule has 454 valence electrons. The van der Waals surface area contributed by atoms with Crippen LogP contribution in [0.1, 0.15) is 135 Å². The molecule has 4 rings (SSSR count). The molecular weight excluding hydrogens is 1040 g/mol. The van der Waals surface area contributed by atoms with E-state index in [0.29, 0.717) is 6.42 Å². The molecule has 0 aromatic heterocycles. The second-order valence-electron chi connectivity index (χ2n) is 21.9. The summed E-state index contributed by atoms with van der Waals surface area (Å²) in [6, 6.07) is -7.60. The van der Waals surface area contributed by atoms with Gasteiger partial charge in [0.1, 0.15) is 36.3 Å². The van der Waals surface area contributed by atoms with Crippen LogP contribution in [-0.4, -0.2) is 223 Å². The van der Waals surface area contributed by atoms with Crippen molar-refractivity contribution in [2.75, 3.05) is 46.5 Å². The molecule has 1 aromatic rings. The monoisotopic (exact) mass is 1140 g/mol. The molecule has 0 radical (unpaired) electrons. The van der Waals surface area contributed by atoms with Crippen LogP contribution in [0.3, 0.4) is 0 Å². The summed E-state index contributed by atoms with van der Waals surface area (Å²) >= 11 is 0. The Morgan fingerprint density at radius 3 is 1.91 bits per heavy atom. The zero-order valence-electron chi connectivity index (χ0n) is 47.0. The molecule has 3 fully saturated rings. The van der Waals surface area contributed by atoms with Crippen molar-refractivity contribution >= 4 is 41.4 Å². The lowest BCUT2D eigenvalue weighted by Crippen LogP contribution is -2.64. The number of methoxy groups -OCH3 is 1. The Morgan fingerprint density at radius 1 is 0.725 bits per heavy atom. The Hall–Kier alpha value is -5.25. The van der Waals surface area contributed by atoms with Gasteiger partial charge in [-0.05, 0) is 44.0 Å². The molecule has 3 heterocycles. The van der Waals surface area contributed by atoms with Crippen LogP contribution in [0.5, 0.6) is 11.5 Å². The standard InChI is InChI=1S/C55H92N8O17/c1-5-6-7-8-9-10-11-12-13-14-15-16-17-18-44(72)58-38-25-36(67)27-57-53(77)48-49(73)32(2)28-63(48)55(79)47(41(70)21-22-56-35(30-64)31-65)61-52(76)46(42(71)23-34-19-20-40(69)43(24-34)80-4)60-51(75)39-26-37(68)29-62(39)54(78)45(33(3)66)59-50(38)74/h19-20,24,32-33,35-39,41-42,45-49,56,64-71,73H,5-18,21-23,25-31H2,1-4H3,(H,57,77)(H,58,72)(H,59,74)(H,60,75)(H,61,76)/t32-,33+,36+,37+,38-,39-,41+,42+,45-,46-,47-,48-,49-/m0/s1. The Balaban J connectivity index is 1.69. The fraction of sp³-hybridized carbons (Fsp3) is 0.764. The summed E-state index contributed by atoms with van der Waals surface area (Å²) in [6.07, 6.45) is 2.34. The van der Waals surface area contributed by atoms with Crippen LogP contribution in [-0.2, 0) is 40.0 Å². The molecule has 0 bridgehead atoms. The van der Waals surface area contributed by atoms with Crippen molar-refractivity contribution in [3.05, 3.63) is 23.8 Å². The number of hydrogen-bond acceptors (Lipinski definition) is 18. The lowest BCUT2D eigenvalue weighted by atomic mass is 9.98. The fourth-order valence-electron chi connectivity index (χ4n) is 10.5. The van der Waals surface area contributed by atoms with Crippen LogP contribution in [0.2, 0.25) is 0 Å². The first-order valence-corrected chi connectivity index (χ1v) is 28.6. The maximum absolute atomic E-state index is 14.8. The predicted octanol–water partition coefficient (Wildman–Crippen LogP) is -2.15. The summed E-state index contributed by atoms with van der Waals surface area (Å²) in [5, 5.41) is 113. The van der Waals surface area contributed by atoms with Gasteiger partial charge < -0.3 is 92.4 Å². The van der Waals surface area contributed by atoms with E-state index in [1.54, 1.807) is 0 Å². The minimum absolute atomic E-state index is 0.00539. The van der Waals surface area contributed by atoms with Gasteiger partial charge in [0.15, 0.2) is 11.5 Å². The number of rotatable bonds is 27. The number of carbonyl (C=O) groups is 7. The molecule has 3 aliphatic rings. The zero-order valence-corrected chi connectivity index (χ0v) is 47.0. The molecule has 0 saturated carbocycles. The van der Waals surface area contributed by atoms with Gasteiger partial charge in [0.2, 0.25) is 41.4 Å². The van der Waals surface area contributed by atoms with E-state index in [1.807, 2.05) is 0 Å². The minimum atomic E-state index is -2.04. The SMILES string of the molecule is CCCCCCCCCCCCCCCC(=O)N[C@H]1C[C@@H](O)CNC(=O)[C@@H]2[C@@H](O)[C@@H](C)CN2C(=O)[C@H]([C@H](O)CCNC(CO)CO)NC(=O)[C@H]([C@H](O)Cc2ccc(O)c(OC)c2)NC(=O)[C@@H]2C[C@@H](O)CN2C(=O)[C@H]([C@@H](C)O)NC1=O. The number of aromatic hydroxyl groups is 1. The number of carbonyl (C=O) groups excluding carboxylic acids is 7. The van der Waals surface area contributed by atoms with E-state index < -0.39 is 172 Å². The number of hydrogen-bond donors (Lipinski definition) is 15. The van der Waals surface area contributed by atoms with Crippen LogP contribution >= 0.6 is 0 Å². The lowest BCUT2D eigenvalue weighted by molar-refractivity contribution is -0.147. The first-order valence-electron chi connectivity index (χ1n) is 28.6. The molecule has 0 spiro atoms. The van der Waals surface area contributed by atoms with Gasteiger partial charge in [-0.1, -0.05) is 97.0 Å². The number of unbranched alkanes of at least 4 members (excludes halogenated alkanes) is 12. The maximum atomic E-state index is 14.8. The molecular formula is C55H92N8O17. The highest BCUT2D eigenvalue weighted by Gasteiger charge is 2.49. The molecule has 25 nitrogen and oxygen atoms in total. The van der Waals surface area contributed by atoms with E-state index in [1.165, 1.54) is 84.1 Å². The summed E-state index contributed by atoms with van der Waals surface area (Å²) in [6.45, 7) is 2.33. The Kier molecular flexibility index (Phi) is 28.8. The van der Waals surface area contributed by atoms with Crippen molar-refractivity contribution in [3.63, 3.8) is 0 Å². The van der Waals surface area contributed by atoms with Crippen molar-refractivity contribution in [1.82, 2.24) is 41.7 Å².